The van der Waals surface area contributed by atoms with Crippen LogP contribution < -0.4 is 9.54 Å². The Morgan fingerprint density at radius 2 is 1.86 bits per heavy atom. The number of nitrogens with zero attached hydrogens (tertiary/aromatic N) is 3. The molecule has 3 aromatic carbocycles. The number of sulfonamides is 1. The third kappa shape index (κ3) is 4.46. The quantitative estimate of drug-likeness (QED) is 0.377. The first-order valence-corrected chi connectivity index (χ1v) is 13.5. The standard InChI is InChI=1S/C27H23N3O4S2/c1-3-15-30-24-13-10-22(34-2)17-25(24)35-27(30)28-26(31)20-8-11-23(12-9-20)36(32,33)29-16-14-19-6-4-5-7-21(19)18-29/h1,4-13,17H,14-16,18H2,2H3. The van der Waals surface area contributed by atoms with Crippen LogP contribution in [0.2, 0.25) is 0 Å². The zero-order valence-corrected chi connectivity index (χ0v) is 21.2. The third-order valence-electron chi connectivity index (χ3n) is 6.17. The van der Waals surface area contributed by atoms with E-state index < -0.39 is 15.9 Å². The van der Waals surface area contributed by atoms with Gasteiger partial charge >= 0.3 is 0 Å². The Balaban J connectivity index is 1.42. The monoisotopic (exact) mass is 517 g/mol. The van der Waals surface area contributed by atoms with E-state index in [2.05, 4.69) is 10.9 Å². The lowest BCUT2D eigenvalue weighted by molar-refractivity contribution is 0.0998. The van der Waals surface area contributed by atoms with Crippen molar-refractivity contribution in [3.05, 3.63) is 88.2 Å². The van der Waals surface area contributed by atoms with Crippen LogP contribution in [0.3, 0.4) is 0 Å². The number of carbonyl (C=O) groups excluding carboxylic acids is 1. The largest absolute Gasteiger partial charge is 0.497 e. The van der Waals surface area contributed by atoms with Gasteiger partial charge in [0, 0.05) is 18.7 Å². The van der Waals surface area contributed by atoms with Gasteiger partial charge in [-0.3, -0.25) is 4.79 Å². The summed E-state index contributed by atoms with van der Waals surface area (Å²) in [5.74, 6) is 2.82. The molecule has 7 nitrogen and oxygen atoms in total. The minimum atomic E-state index is -3.69. The van der Waals surface area contributed by atoms with Crippen LogP contribution in [0.25, 0.3) is 10.2 Å². The van der Waals surface area contributed by atoms with Crippen LogP contribution in [0.1, 0.15) is 21.5 Å². The summed E-state index contributed by atoms with van der Waals surface area (Å²) in [6.07, 6.45) is 6.21. The number of terminal acetylenes is 1. The maximum Gasteiger partial charge on any atom is 0.279 e. The smallest absolute Gasteiger partial charge is 0.279 e. The molecule has 5 rings (SSSR count). The molecule has 1 amide bonds. The SMILES string of the molecule is C#CCn1c(=NC(=O)c2ccc(S(=O)(=O)N3CCc4ccccc4C3)cc2)sc2cc(OC)ccc21. The number of fused-ring (bicyclic) bond motifs is 2. The molecule has 0 saturated heterocycles. The topological polar surface area (TPSA) is 81.0 Å². The van der Waals surface area contributed by atoms with E-state index in [1.165, 1.54) is 45.5 Å². The van der Waals surface area contributed by atoms with E-state index in [0.717, 1.165) is 15.8 Å². The van der Waals surface area contributed by atoms with Crippen molar-refractivity contribution in [3.63, 3.8) is 0 Å². The van der Waals surface area contributed by atoms with E-state index in [-0.39, 0.29) is 11.4 Å². The number of thiazole rings is 1. The average molecular weight is 518 g/mol. The van der Waals surface area contributed by atoms with Crippen LogP contribution in [0, 0.1) is 12.3 Å². The fourth-order valence-electron chi connectivity index (χ4n) is 4.25. The zero-order valence-electron chi connectivity index (χ0n) is 19.5. The molecule has 0 radical (unpaired) electrons. The molecule has 0 bridgehead atoms. The van der Waals surface area contributed by atoms with Gasteiger partial charge in [0.2, 0.25) is 10.0 Å². The number of carbonyl (C=O) groups is 1. The molecule has 0 unspecified atom stereocenters. The van der Waals surface area contributed by atoms with Gasteiger partial charge in [-0.25, -0.2) is 8.42 Å². The average Bonchev–Trinajstić information content (AvgIpc) is 3.24. The number of hydrogen-bond donors (Lipinski definition) is 0. The number of benzene rings is 3. The lowest BCUT2D eigenvalue weighted by Gasteiger charge is -2.28. The molecule has 182 valence electrons. The highest BCUT2D eigenvalue weighted by Gasteiger charge is 2.28. The van der Waals surface area contributed by atoms with Crippen molar-refractivity contribution in [2.45, 2.75) is 24.4 Å². The summed E-state index contributed by atoms with van der Waals surface area (Å²) in [6, 6.07) is 19.4. The van der Waals surface area contributed by atoms with Crippen LogP contribution in [0.4, 0.5) is 0 Å². The maximum absolute atomic E-state index is 13.2. The van der Waals surface area contributed by atoms with Crippen molar-refractivity contribution < 1.29 is 17.9 Å². The van der Waals surface area contributed by atoms with Crippen LogP contribution >= 0.6 is 11.3 Å². The molecular formula is C27H23N3O4S2. The van der Waals surface area contributed by atoms with Gasteiger partial charge in [0.05, 0.1) is 28.8 Å². The first-order chi connectivity index (χ1) is 17.4. The zero-order chi connectivity index (χ0) is 25.3. The predicted octanol–water partition coefficient (Wildman–Crippen LogP) is 3.83. The van der Waals surface area contributed by atoms with Gasteiger partial charge in [-0.1, -0.05) is 41.5 Å². The van der Waals surface area contributed by atoms with E-state index in [4.69, 9.17) is 11.2 Å². The second-order valence-corrected chi connectivity index (χ2v) is 11.3. The molecular weight excluding hydrogens is 494 g/mol. The molecule has 0 spiro atoms. The van der Waals surface area contributed by atoms with Crippen molar-refractivity contribution in [2.75, 3.05) is 13.7 Å². The number of hydrogen-bond acceptors (Lipinski definition) is 5. The van der Waals surface area contributed by atoms with Gasteiger partial charge in [-0.2, -0.15) is 9.30 Å². The summed E-state index contributed by atoms with van der Waals surface area (Å²) in [5.41, 5.74) is 3.34. The lowest BCUT2D eigenvalue weighted by Crippen LogP contribution is -2.35. The molecule has 2 heterocycles. The summed E-state index contributed by atoms with van der Waals surface area (Å²) in [6.45, 7) is 1.01. The molecule has 1 aliphatic heterocycles. The molecule has 1 aliphatic rings. The van der Waals surface area contributed by atoms with E-state index in [1.807, 2.05) is 42.5 Å². The first kappa shape index (κ1) is 24.0. The second kappa shape index (κ2) is 9.74. The predicted molar refractivity (Wildman–Crippen MR) is 139 cm³/mol. The third-order valence-corrected chi connectivity index (χ3v) is 9.07. The molecule has 36 heavy (non-hydrogen) atoms. The van der Waals surface area contributed by atoms with Crippen LogP contribution in [0.15, 0.2) is 76.6 Å². The fraction of sp³-hybridized carbons (Fsp3) is 0.185. The number of amides is 1. The van der Waals surface area contributed by atoms with Crippen LogP contribution in [-0.4, -0.2) is 36.9 Å². The molecule has 4 aromatic rings. The minimum Gasteiger partial charge on any atom is -0.497 e. The van der Waals surface area contributed by atoms with Crippen molar-refractivity contribution >= 4 is 37.5 Å². The fourth-order valence-corrected chi connectivity index (χ4v) is 6.73. The van der Waals surface area contributed by atoms with Crippen LogP contribution in [-0.2, 0) is 29.5 Å². The molecule has 1 aromatic heterocycles. The Bertz CT molecular complexity index is 1680. The van der Waals surface area contributed by atoms with Gasteiger partial charge in [-0.05, 0) is 60.0 Å². The molecule has 9 heteroatoms. The van der Waals surface area contributed by atoms with Crippen molar-refractivity contribution in [3.8, 4) is 18.1 Å². The molecule has 0 fully saturated rings. The summed E-state index contributed by atoms with van der Waals surface area (Å²) in [7, 11) is -2.10. The van der Waals surface area contributed by atoms with Gasteiger partial charge in [-0.15, -0.1) is 6.42 Å². The molecule has 0 atom stereocenters. The van der Waals surface area contributed by atoms with Gasteiger partial charge in [0.25, 0.3) is 5.91 Å². The highest BCUT2D eigenvalue weighted by Crippen LogP contribution is 2.26. The Morgan fingerprint density at radius 1 is 1.11 bits per heavy atom. The first-order valence-electron chi connectivity index (χ1n) is 11.3. The van der Waals surface area contributed by atoms with Crippen molar-refractivity contribution in [2.24, 2.45) is 4.99 Å². The normalized spacial score (nSPS) is 14.4. The Kier molecular flexibility index (Phi) is 6.49. The molecule has 0 saturated carbocycles. The number of methoxy groups -OCH3 is 1. The van der Waals surface area contributed by atoms with E-state index in [9.17, 15) is 13.2 Å². The minimum absolute atomic E-state index is 0.148. The van der Waals surface area contributed by atoms with E-state index >= 15 is 0 Å². The molecule has 0 N–H and O–H groups in total. The highest BCUT2D eigenvalue weighted by molar-refractivity contribution is 7.89. The Morgan fingerprint density at radius 3 is 2.58 bits per heavy atom. The van der Waals surface area contributed by atoms with Crippen LogP contribution in [0.5, 0.6) is 5.75 Å². The van der Waals surface area contributed by atoms with Crippen molar-refractivity contribution in [1.29, 1.82) is 0 Å². The Hall–Kier alpha value is -3.71. The number of aromatic nitrogens is 1. The van der Waals surface area contributed by atoms with E-state index in [1.54, 1.807) is 11.7 Å². The summed E-state index contributed by atoms with van der Waals surface area (Å²) in [5, 5.41) is 0. The maximum atomic E-state index is 13.2. The number of rotatable bonds is 5. The number of ether oxygens (including phenoxy) is 1. The lowest BCUT2D eigenvalue weighted by atomic mass is 10.0. The highest BCUT2D eigenvalue weighted by atomic mass is 32.2. The second-order valence-electron chi connectivity index (χ2n) is 8.31. The Labute approximate surface area is 213 Å². The molecule has 0 aliphatic carbocycles. The summed E-state index contributed by atoms with van der Waals surface area (Å²) >= 11 is 1.33. The van der Waals surface area contributed by atoms with E-state index in [0.29, 0.717) is 35.6 Å². The van der Waals surface area contributed by atoms with Crippen molar-refractivity contribution in [1.82, 2.24) is 8.87 Å². The van der Waals surface area contributed by atoms with Gasteiger partial charge in [0.15, 0.2) is 4.80 Å². The summed E-state index contributed by atoms with van der Waals surface area (Å²) in [4.78, 5) is 17.9. The van der Waals surface area contributed by atoms with Gasteiger partial charge in [0.1, 0.15) is 5.75 Å². The summed E-state index contributed by atoms with van der Waals surface area (Å²) < 4.78 is 35.9. The van der Waals surface area contributed by atoms with Gasteiger partial charge < -0.3 is 9.30 Å².